The molecule has 9 heteroatoms. The molecule has 2 aliphatic rings. The number of rotatable bonds is 7. The standard InChI is InChI=1S/C30H53BO6Si2/c1-21-16-22-24(32)18-30(19-33-38(12,13)26(2,3)4,20-34-39(14,15)27(5,6)7)35-25(22)17-23(21)31-36-28(8,9)29(10,11)37-31/h16-17H,18-20H2,1-15H3. The van der Waals surface area contributed by atoms with E-state index in [0.29, 0.717) is 24.5 Å². The molecule has 0 atom stereocenters. The van der Waals surface area contributed by atoms with E-state index in [2.05, 4.69) is 67.7 Å². The average Bonchev–Trinajstić information content (AvgIpc) is 2.96. The molecule has 0 N–H and O–H groups in total. The van der Waals surface area contributed by atoms with Crippen molar-refractivity contribution in [3.05, 3.63) is 23.3 Å². The molecule has 3 rings (SSSR count). The Kier molecular flexibility index (Phi) is 8.42. The third kappa shape index (κ3) is 6.43. The van der Waals surface area contributed by atoms with Crippen molar-refractivity contribution in [2.45, 2.75) is 136 Å². The van der Waals surface area contributed by atoms with Gasteiger partial charge in [-0.05, 0) is 88.5 Å². The zero-order chi connectivity index (χ0) is 30.0. The molecule has 0 amide bonds. The van der Waals surface area contributed by atoms with Gasteiger partial charge in [-0.3, -0.25) is 4.79 Å². The summed E-state index contributed by atoms with van der Waals surface area (Å²) in [6.45, 7) is 33.0. The number of aryl methyl sites for hydroxylation is 1. The van der Waals surface area contributed by atoms with Gasteiger partial charge in [0.2, 0.25) is 0 Å². The number of ketones is 1. The molecule has 0 aromatic heterocycles. The largest absolute Gasteiger partial charge is 0.495 e. The molecule has 1 aromatic rings. The van der Waals surface area contributed by atoms with Crippen LogP contribution in [0.5, 0.6) is 5.75 Å². The summed E-state index contributed by atoms with van der Waals surface area (Å²) in [6.07, 6.45) is 0.221. The topological polar surface area (TPSA) is 63.2 Å². The molecule has 0 saturated carbocycles. The van der Waals surface area contributed by atoms with E-state index in [4.69, 9.17) is 22.9 Å². The van der Waals surface area contributed by atoms with Crippen LogP contribution in [0, 0.1) is 6.92 Å². The van der Waals surface area contributed by atoms with E-state index >= 15 is 0 Å². The molecule has 6 nitrogen and oxygen atoms in total. The van der Waals surface area contributed by atoms with Crippen molar-refractivity contribution in [2.24, 2.45) is 0 Å². The van der Waals surface area contributed by atoms with Gasteiger partial charge in [0.05, 0.1) is 36.4 Å². The van der Waals surface area contributed by atoms with Crippen LogP contribution in [0.25, 0.3) is 0 Å². The van der Waals surface area contributed by atoms with E-state index < -0.39 is 40.6 Å². The Bertz CT molecular complexity index is 1050. The summed E-state index contributed by atoms with van der Waals surface area (Å²) in [6, 6.07) is 3.86. The molecule has 220 valence electrons. The minimum absolute atomic E-state index is 0.0338. The van der Waals surface area contributed by atoms with Crippen LogP contribution in [0.1, 0.15) is 91.6 Å². The highest BCUT2D eigenvalue weighted by molar-refractivity contribution is 6.74. The summed E-state index contributed by atoms with van der Waals surface area (Å²) in [7, 11) is -4.76. The van der Waals surface area contributed by atoms with Gasteiger partial charge in [0.15, 0.2) is 28.0 Å². The van der Waals surface area contributed by atoms with Crippen molar-refractivity contribution in [1.29, 1.82) is 0 Å². The second kappa shape index (κ2) is 10.1. The van der Waals surface area contributed by atoms with Gasteiger partial charge in [-0.1, -0.05) is 47.1 Å². The number of benzene rings is 1. The maximum Gasteiger partial charge on any atom is 0.495 e. The van der Waals surface area contributed by atoms with E-state index in [-0.39, 0.29) is 22.3 Å². The fourth-order valence-electron chi connectivity index (χ4n) is 4.15. The quantitative estimate of drug-likeness (QED) is 0.325. The number of carbonyl (C=O) groups is 1. The van der Waals surface area contributed by atoms with Gasteiger partial charge < -0.3 is 22.9 Å². The number of hydrogen-bond acceptors (Lipinski definition) is 6. The molecule has 2 aliphatic heterocycles. The first-order valence-corrected chi connectivity index (χ1v) is 20.2. The van der Waals surface area contributed by atoms with Gasteiger partial charge in [-0.2, -0.15) is 0 Å². The second-order valence-electron chi connectivity index (χ2n) is 15.8. The van der Waals surface area contributed by atoms with Gasteiger partial charge in [-0.15, -0.1) is 0 Å². The van der Waals surface area contributed by atoms with Crippen molar-refractivity contribution in [1.82, 2.24) is 0 Å². The van der Waals surface area contributed by atoms with Crippen LogP contribution in [0.2, 0.25) is 36.3 Å². The smallest absolute Gasteiger partial charge is 0.481 e. The molecule has 2 heterocycles. The molecule has 1 fully saturated rings. The zero-order valence-electron chi connectivity index (χ0n) is 27.3. The number of carbonyl (C=O) groups excluding carboxylic acids is 1. The first-order chi connectivity index (χ1) is 17.3. The number of hydrogen-bond donors (Lipinski definition) is 0. The van der Waals surface area contributed by atoms with Crippen LogP contribution in [-0.2, 0) is 18.2 Å². The van der Waals surface area contributed by atoms with E-state index in [1.165, 1.54) is 0 Å². The lowest BCUT2D eigenvalue weighted by molar-refractivity contribution is -0.0330. The Hall–Kier alpha value is -0.971. The summed E-state index contributed by atoms with van der Waals surface area (Å²) >= 11 is 0. The second-order valence-corrected chi connectivity index (χ2v) is 25.4. The summed E-state index contributed by atoms with van der Waals surface area (Å²) < 4.78 is 33.0. The van der Waals surface area contributed by atoms with E-state index in [9.17, 15) is 4.79 Å². The highest BCUT2D eigenvalue weighted by atomic mass is 28.4. The number of ether oxygens (including phenoxy) is 1. The van der Waals surface area contributed by atoms with Crippen LogP contribution in [0.15, 0.2) is 12.1 Å². The highest BCUT2D eigenvalue weighted by Gasteiger charge is 2.53. The van der Waals surface area contributed by atoms with Gasteiger partial charge >= 0.3 is 7.12 Å². The van der Waals surface area contributed by atoms with Crippen molar-refractivity contribution in [3.8, 4) is 5.75 Å². The van der Waals surface area contributed by atoms with Crippen molar-refractivity contribution >= 4 is 35.0 Å². The molecule has 39 heavy (non-hydrogen) atoms. The Morgan fingerprint density at radius 1 is 0.846 bits per heavy atom. The first kappa shape index (κ1) is 32.5. The van der Waals surface area contributed by atoms with E-state index in [1.807, 2.05) is 46.8 Å². The first-order valence-electron chi connectivity index (χ1n) is 14.3. The van der Waals surface area contributed by atoms with Gasteiger partial charge in [0.1, 0.15) is 5.75 Å². The van der Waals surface area contributed by atoms with Crippen molar-refractivity contribution in [2.75, 3.05) is 13.2 Å². The molecular weight excluding hydrogens is 523 g/mol. The van der Waals surface area contributed by atoms with E-state index in [0.717, 1.165) is 11.0 Å². The zero-order valence-corrected chi connectivity index (χ0v) is 29.3. The van der Waals surface area contributed by atoms with Crippen LogP contribution in [-0.4, -0.2) is 59.6 Å². The summed E-state index contributed by atoms with van der Waals surface area (Å²) in [4.78, 5) is 13.7. The van der Waals surface area contributed by atoms with Crippen molar-refractivity contribution < 1.29 is 27.7 Å². The van der Waals surface area contributed by atoms with Gasteiger partial charge in [0.25, 0.3) is 0 Å². The predicted octanol–water partition coefficient (Wildman–Crippen LogP) is 7.04. The third-order valence-electron chi connectivity index (χ3n) is 9.99. The molecule has 0 spiro atoms. The van der Waals surface area contributed by atoms with Crippen LogP contribution >= 0.6 is 0 Å². The van der Waals surface area contributed by atoms with Gasteiger partial charge in [0, 0.05) is 0 Å². The van der Waals surface area contributed by atoms with Crippen LogP contribution in [0.4, 0.5) is 0 Å². The normalized spacial score (nSPS) is 21.1. The predicted molar refractivity (Wildman–Crippen MR) is 165 cm³/mol. The lowest BCUT2D eigenvalue weighted by Crippen LogP contribution is -2.56. The third-order valence-corrected chi connectivity index (χ3v) is 18.9. The lowest BCUT2D eigenvalue weighted by atomic mass is 9.74. The molecule has 1 aromatic carbocycles. The van der Waals surface area contributed by atoms with Crippen molar-refractivity contribution in [3.63, 3.8) is 0 Å². The number of fused-ring (bicyclic) bond motifs is 1. The fourth-order valence-corrected chi connectivity index (χ4v) is 6.26. The van der Waals surface area contributed by atoms with Crippen LogP contribution < -0.4 is 10.2 Å². The molecule has 0 bridgehead atoms. The Morgan fingerprint density at radius 2 is 1.28 bits per heavy atom. The molecule has 1 saturated heterocycles. The summed E-state index contributed by atoms with van der Waals surface area (Å²) in [5.41, 5.74) is 0.599. The SMILES string of the molecule is Cc1cc2c(cc1B1OC(C)(C)C(C)(C)O1)OC(CO[Si](C)(C)C(C)(C)C)(CO[Si](C)(C)C(C)(C)C)CC2=O. The minimum Gasteiger partial charge on any atom is -0.481 e. The van der Waals surface area contributed by atoms with E-state index in [1.54, 1.807) is 0 Å². The maximum absolute atomic E-state index is 13.7. The summed E-state index contributed by atoms with van der Waals surface area (Å²) in [5.74, 6) is 0.608. The van der Waals surface area contributed by atoms with Gasteiger partial charge in [-0.25, -0.2) is 0 Å². The Labute approximate surface area is 240 Å². The highest BCUT2D eigenvalue weighted by Crippen LogP contribution is 2.43. The lowest BCUT2D eigenvalue weighted by Gasteiger charge is -2.45. The fraction of sp³-hybridized carbons (Fsp3) is 0.767. The maximum atomic E-state index is 13.7. The summed E-state index contributed by atoms with van der Waals surface area (Å²) in [5, 5.41) is 0.0677. The monoisotopic (exact) mass is 576 g/mol. The molecule has 0 aliphatic carbocycles. The molecular formula is C30H53BO6Si2. The Balaban J connectivity index is 2.01. The average molecular weight is 577 g/mol. The van der Waals surface area contributed by atoms with Crippen LogP contribution in [0.3, 0.4) is 0 Å². The Morgan fingerprint density at radius 3 is 1.69 bits per heavy atom. The molecule has 0 unspecified atom stereocenters. The number of Topliss-reactive ketones (excluding diaryl/α,β-unsaturated/α-hetero) is 1. The molecule has 0 radical (unpaired) electrons. The minimum atomic E-state index is -2.11.